The molecular weight excluding hydrogens is 721 g/mol. The topological polar surface area (TPSA) is 70.3 Å². The lowest BCUT2D eigenvalue weighted by Gasteiger charge is -2.30. The first kappa shape index (κ1) is 41.5. The third-order valence-corrected chi connectivity index (χ3v) is 12.1. The van der Waals surface area contributed by atoms with Gasteiger partial charge in [0.05, 0.1) is 25.2 Å². The van der Waals surface area contributed by atoms with Crippen molar-refractivity contribution in [1.82, 2.24) is 0 Å². The van der Waals surface area contributed by atoms with Gasteiger partial charge in [-0.1, -0.05) is 90.9 Å². The van der Waals surface area contributed by atoms with Crippen LogP contribution in [0.4, 0.5) is 5.69 Å². The molecule has 1 saturated heterocycles. The van der Waals surface area contributed by atoms with Crippen LogP contribution >= 0.6 is 11.3 Å². The molecule has 2 aliphatic heterocycles. The van der Waals surface area contributed by atoms with Crippen LogP contribution in [0.5, 0.6) is 0 Å². The van der Waals surface area contributed by atoms with Crippen LogP contribution in [0.2, 0.25) is 0 Å². The third kappa shape index (κ3) is 9.52. The lowest BCUT2D eigenvalue weighted by Crippen LogP contribution is -2.47. The molecule has 1 fully saturated rings. The first-order chi connectivity index (χ1) is 27.2. The maximum absolute atomic E-state index is 12.0. The van der Waals surface area contributed by atoms with Gasteiger partial charge in [0.2, 0.25) is 5.52 Å². The molecule has 56 heavy (non-hydrogen) atoms. The number of nitrogens with zero attached hydrogens (tertiary/aromatic N) is 2. The summed E-state index contributed by atoms with van der Waals surface area (Å²) in [5.74, 6) is -0.109. The van der Waals surface area contributed by atoms with Crippen LogP contribution < -0.4 is 9.47 Å². The van der Waals surface area contributed by atoms with Crippen molar-refractivity contribution in [3.63, 3.8) is 0 Å². The normalized spacial score (nSPS) is 18.7. The molecule has 0 saturated carbocycles. The number of carbonyl (C=O) groups excluding carboxylic acids is 1. The number of allylic oxidation sites excluding steroid dienone is 5. The van der Waals surface area contributed by atoms with E-state index in [0.29, 0.717) is 26.2 Å². The second-order valence-electron chi connectivity index (χ2n) is 15.4. The molecule has 3 heterocycles. The monoisotopic (exact) mass is 779 g/mol. The van der Waals surface area contributed by atoms with Crippen LogP contribution in [0.3, 0.4) is 0 Å². The van der Waals surface area contributed by atoms with E-state index in [1.165, 1.54) is 42.9 Å². The lowest BCUT2D eigenvalue weighted by molar-refractivity contribution is -0.684. The van der Waals surface area contributed by atoms with Crippen molar-refractivity contribution in [2.24, 2.45) is 5.41 Å². The van der Waals surface area contributed by atoms with Crippen molar-refractivity contribution in [3.05, 3.63) is 113 Å². The average Bonchev–Trinajstić information content (AvgIpc) is 3.92. The zero-order valence-corrected chi connectivity index (χ0v) is 34.8. The van der Waals surface area contributed by atoms with Gasteiger partial charge in [0.25, 0.3) is 5.01 Å². The zero-order valence-electron chi connectivity index (χ0n) is 34.0. The quantitative estimate of drug-likeness (QED) is 0.0234. The highest BCUT2D eigenvalue weighted by Crippen LogP contribution is 2.50. The van der Waals surface area contributed by atoms with Crippen molar-refractivity contribution >= 4 is 50.1 Å². The second kappa shape index (κ2) is 19.4. The van der Waals surface area contributed by atoms with Crippen LogP contribution in [-0.2, 0) is 40.4 Å². The third-order valence-electron chi connectivity index (χ3n) is 10.9. The number of hydrogen-bond acceptors (Lipinski definition) is 8. The fourth-order valence-electron chi connectivity index (χ4n) is 8.10. The molecule has 8 nitrogen and oxygen atoms in total. The maximum atomic E-state index is 12.0. The number of para-hydroxylation sites is 1. The van der Waals surface area contributed by atoms with Gasteiger partial charge in [-0.3, -0.25) is 4.79 Å². The summed E-state index contributed by atoms with van der Waals surface area (Å²) in [4.78, 5) is 14.5. The molecule has 0 amide bonds. The Kier molecular flexibility index (Phi) is 14.3. The number of methoxy groups -OCH3 is 2. The van der Waals surface area contributed by atoms with Crippen molar-refractivity contribution in [2.75, 3.05) is 45.5 Å². The number of anilines is 1. The summed E-state index contributed by atoms with van der Waals surface area (Å²) < 4.78 is 31.6. The molecule has 2 aliphatic rings. The molecule has 3 aromatic carbocycles. The number of ether oxygens (including phenoxy) is 5. The zero-order chi connectivity index (χ0) is 39.5. The van der Waals surface area contributed by atoms with Crippen LogP contribution in [0.1, 0.15) is 76.8 Å². The summed E-state index contributed by atoms with van der Waals surface area (Å²) in [6.45, 7) is 12.0. The number of thiazole rings is 1. The number of hydrogen-bond donors (Lipinski definition) is 0. The minimum Gasteiger partial charge on any atom is -0.466 e. The smallest absolute Gasteiger partial charge is 0.305 e. The Morgan fingerprint density at radius 1 is 1.00 bits per heavy atom. The van der Waals surface area contributed by atoms with E-state index in [-0.39, 0.29) is 29.4 Å². The van der Waals surface area contributed by atoms with Crippen molar-refractivity contribution in [1.29, 1.82) is 0 Å². The Morgan fingerprint density at radius 2 is 1.77 bits per heavy atom. The Balaban J connectivity index is 1.29. The summed E-state index contributed by atoms with van der Waals surface area (Å²) in [5.41, 5.74) is 4.67. The van der Waals surface area contributed by atoms with Crippen LogP contribution in [-0.4, -0.2) is 59.1 Å². The molecule has 6 rings (SSSR count). The molecule has 0 bridgehead atoms. The largest absolute Gasteiger partial charge is 0.466 e. The number of unbranched alkanes of at least 4 members (excludes halogenated alkanes) is 2. The van der Waals surface area contributed by atoms with Crippen LogP contribution in [0.25, 0.3) is 27.1 Å². The second-order valence-corrected chi connectivity index (χ2v) is 16.5. The predicted octanol–water partition coefficient (Wildman–Crippen LogP) is 10.1. The molecule has 0 spiro atoms. The molecule has 0 radical (unpaired) electrons. The lowest BCUT2D eigenvalue weighted by atomic mass is 9.77. The molecule has 0 aliphatic carbocycles. The highest BCUT2D eigenvalue weighted by atomic mass is 32.1. The van der Waals surface area contributed by atoms with Gasteiger partial charge in [0.15, 0.2) is 19.1 Å². The van der Waals surface area contributed by atoms with Crippen molar-refractivity contribution < 1.29 is 33.0 Å². The molecule has 1 atom stereocenters. The van der Waals surface area contributed by atoms with Gasteiger partial charge in [0.1, 0.15) is 4.70 Å². The fourth-order valence-corrected chi connectivity index (χ4v) is 9.31. The van der Waals surface area contributed by atoms with Gasteiger partial charge in [-0.2, -0.15) is 4.57 Å². The molecule has 298 valence electrons. The van der Waals surface area contributed by atoms with Crippen molar-refractivity contribution in [3.8, 4) is 0 Å². The number of fused-ring (bicyclic) bond motifs is 4. The van der Waals surface area contributed by atoms with Gasteiger partial charge in [-0.05, 0) is 82.2 Å². The van der Waals surface area contributed by atoms with E-state index in [9.17, 15) is 4.79 Å². The Labute approximate surface area is 337 Å². The fraction of sp³-hybridized carbons (Fsp3) is 0.447. The number of esters is 1. The predicted molar refractivity (Wildman–Crippen MR) is 228 cm³/mol. The van der Waals surface area contributed by atoms with E-state index in [0.717, 1.165) is 45.2 Å². The molecule has 0 N–H and O–H groups in total. The van der Waals surface area contributed by atoms with Crippen molar-refractivity contribution in [2.45, 2.75) is 90.8 Å². The van der Waals surface area contributed by atoms with Gasteiger partial charge in [-0.15, -0.1) is 0 Å². The summed E-state index contributed by atoms with van der Waals surface area (Å²) in [5, 5.41) is 3.69. The molecule has 1 unspecified atom stereocenters. The van der Waals surface area contributed by atoms with Gasteiger partial charge < -0.3 is 28.6 Å². The van der Waals surface area contributed by atoms with E-state index < -0.39 is 0 Å². The number of rotatable bonds is 19. The first-order valence-corrected chi connectivity index (χ1v) is 20.9. The summed E-state index contributed by atoms with van der Waals surface area (Å²) in [6.07, 6.45) is 19.6. The van der Waals surface area contributed by atoms with E-state index in [2.05, 4.69) is 127 Å². The van der Waals surface area contributed by atoms with E-state index in [4.69, 9.17) is 23.7 Å². The minimum absolute atomic E-state index is 0.109. The van der Waals surface area contributed by atoms with Gasteiger partial charge in [-0.25, -0.2) is 0 Å². The molecule has 1 aromatic heterocycles. The van der Waals surface area contributed by atoms with E-state index in [1.807, 2.05) is 24.3 Å². The standard InChI is InChI=1S/C47H59N2O6S/c1-7-53-42(50)26-12-9-18-30-47(4)37-22-15-16-23-38(37)48(31-19-17-27-43(51-5)52-6)40(47)24-10-8-11-25-41-49(34-46(2,3)45-54-32-33-55-45)39-29-28-35-20-13-14-21-36(35)44(39)56-41/h8,10-11,13-17,20-25,27-29,43,45H,7,9,12,18-19,26,30-34H2,1-6H3/q+1/b27-17+. The van der Waals surface area contributed by atoms with Gasteiger partial charge >= 0.3 is 5.97 Å². The highest BCUT2D eigenvalue weighted by molar-refractivity contribution is 7.19. The average molecular weight is 780 g/mol. The van der Waals surface area contributed by atoms with Crippen LogP contribution in [0.15, 0.2) is 103 Å². The van der Waals surface area contributed by atoms with Gasteiger partial charge in [0, 0.05) is 61.5 Å². The Hall–Kier alpha value is -4.12. The SMILES string of the molecule is CCOC(=O)CCCCCC1(C)\C(=C/C=C/C=C/c2sc3c4ccccc4ccc3[n+]2CC(C)(C)C2OCCO2)N(CC/C=C/C(OC)OC)c2ccccc21. The molecule has 4 aromatic rings. The highest BCUT2D eigenvalue weighted by Gasteiger charge is 2.43. The molecule has 9 heteroatoms. The van der Waals surface area contributed by atoms with E-state index >= 15 is 0 Å². The first-order valence-electron chi connectivity index (χ1n) is 20.1. The molecular formula is C47H59N2O6S+. The minimum atomic E-state index is -0.362. The summed E-state index contributed by atoms with van der Waals surface area (Å²) in [7, 11) is 3.30. The Morgan fingerprint density at radius 3 is 2.55 bits per heavy atom. The number of carbonyl (C=O) groups is 1. The summed E-state index contributed by atoms with van der Waals surface area (Å²) in [6, 6.07) is 21.9. The summed E-state index contributed by atoms with van der Waals surface area (Å²) >= 11 is 1.83. The number of aromatic nitrogens is 1. The maximum Gasteiger partial charge on any atom is 0.305 e. The van der Waals surface area contributed by atoms with E-state index in [1.54, 1.807) is 14.2 Å². The Bertz CT molecular complexity index is 2050. The van der Waals surface area contributed by atoms with Crippen LogP contribution in [0, 0.1) is 5.41 Å². The number of benzene rings is 3.